The molecule has 0 aromatic heterocycles. The minimum absolute atomic E-state index is 0.430. The van der Waals surface area contributed by atoms with Crippen molar-refractivity contribution in [2.75, 3.05) is 26.7 Å². The van der Waals surface area contributed by atoms with Crippen molar-refractivity contribution in [2.45, 2.75) is 26.7 Å². The second kappa shape index (κ2) is 11.1. The van der Waals surface area contributed by atoms with E-state index in [2.05, 4.69) is 17.6 Å². The Morgan fingerprint density at radius 1 is 1.40 bits per heavy atom. The SMILES string of the molecule is CC(=O)O.CCN1CCC(=O)CC1.CN. The van der Waals surface area contributed by atoms with E-state index in [1.165, 1.54) is 7.05 Å². The third-order valence-electron chi connectivity index (χ3n) is 1.86. The predicted octanol–water partition coefficient (Wildman–Crippen LogP) is 0.337. The van der Waals surface area contributed by atoms with Gasteiger partial charge in [-0.05, 0) is 13.6 Å². The molecule has 0 unspecified atom stereocenters. The van der Waals surface area contributed by atoms with Crippen molar-refractivity contribution in [3.8, 4) is 0 Å². The molecule has 1 saturated heterocycles. The molecule has 0 aromatic rings. The summed E-state index contributed by atoms with van der Waals surface area (Å²) in [5.41, 5.74) is 4.50. The summed E-state index contributed by atoms with van der Waals surface area (Å²) in [6.45, 7) is 6.27. The van der Waals surface area contributed by atoms with E-state index in [4.69, 9.17) is 9.90 Å². The van der Waals surface area contributed by atoms with Gasteiger partial charge in [0.15, 0.2) is 0 Å². The minimum Gasteiger partial charge on any atom is -0.481 e. The number of hydrogen-bond donors (Lipinski definition) is 2. The number of carbonyl (C=O) groups excluding carboxylic acids is 1. The molecular weight excluding hydrogens is 196 g/mol. The molecule has 0 radical (unpaired) electrons. The topological polar surface area (TPSA) is 83.6 Å². The maximum absolute atomic E-state index is 10.7. The summed E-state index contributed by atoms with van der Waals surface area (Å²) in [7, 11) is 1.50. The Morgan fingerprint density at radius 3 is 2.00 bits per heavy atom. The van der Waals surface area contributed by atoms with Crippen molar-refractivity contribution in [1.29, 1.82) is 0 Å². The molecule has 0 amide bonds. The van der Waals surface area contributed by atoms with Gasteiger partial charge in [-0.25, -0.2) is 0 Å². The number of Topliss-reactive ketones (excluding diaryl/α,β-unsaturated/α-hetero) is 1. The Labute approximate surface area is 91.2 Å². The van der Waals surface area contributed by atoms with Gasteiger partial charge in [-0.3, -0.25) is 9.59 Å². The summed E-state index contributed by atoms with van der Waals surface area (Å²) in [4.78, 5) is 22.0. The molecule has 5 nitrogen and oxygen atoms in total. The Hall–Kier alpha value is -0.940. The molecule has 3 N–H and O–H groups in total. The molecular formula is C10H22N2O3. The Morgan fingerprint density at radius 2 is 1.73 bits per heavy atom. The number of rotatable bonds is 1. The van der Waals surface area contributed by atoms with Crippen molar-refractivity contribution >= 4 is 11.8 Å². The number of nitrogens with two attached hydrogens (primary N) is 1. The summed E-state index contributed by atoms with van der Waals surface area (Å²) in [5, 5.41) is 7.42. The average molecular weight is 218 g/mol. The van der Waals surface area contributed by atoms with E-state index in [1.54, 1.807) is 0 Å². The lowest BCUT2D eigenvalue weighted by molar-refractivity contribution is -0.134. The van der Waals surface area contributed by atoms with Crippen LogP contribution in [-0.2, 0) is 9.59 Å². The molecule has 0 bridgehead atoms. The molecule has 0 atom stereocenters. The quantitative estimate of drug-likeness (QED) is 0.663. The van der Waals surface area contributed by atoms with Crippen LogP contribution in [-0.4, -0.2) is 48.4 Å². The van der Waals surface area contributed by atoms with E-state index < -0.39 is 5.97 Å². The second-order valence-electron chi connectivity index (χ2n) is 2.99. The minimum atomic E-state index is -0.833. The number of nitrogens with zero attached hydrogens (tertiary/aromatic N) is 1. The van der Waals surface area contributed by atoms with Gasteiger partial charge in [0.1, 0.15) is 5.78 Å². The number of carboxylic acid groups (broad SMARTS) is 1. The fourth-order valence-electron chi connectivity index (χ4n) is 1.12. The van der Waals surface area contributed by atoms with Crippen molar-refractivity contribution < 1.29 is 14.7 Å². The normalized spacial score (nSPS) is 15.6. The maximum Gasteiger partial charge on any atom is 0.300 e. The highest BCUT2D eigenvalue weighted by atomic mass is 16.4. The molecule has 1 aliphatic heterocycles. The first-order valence-electron chi connectivity index (χ1n) is 5.07. The number of carbonyl (C=O) groups is 2. The van der Waals surface area contributed by atoms with E-state index in [0.717, 1.165) is 39.4 Å². The zero-order valence-electron chi connectivity index (χ0n) is 9.82. The van der Waals surface area contributed by atoms with Crippen molar-refractivity contribution in [2.24, 2.45) is 5.73 Å². The van der Waals surface area contributed by atoms with Gasteiger partial charge in [0.2, 0.25) is 0 Å². The highest BCUT2D eigenvalue weighted by Crippen LogP contribution is 2.03. The van der Waals surface area contributed by atoms with Crippen LogP contribution in [0.1, 0.15) is 26.7 Å². The van der Waals surface area contributed by atoms with Crippen LogP contribution >= 0.6 is 0 Å². The standard InChI is InChI=1S/C7H13NO.C2H4O2.CH5N/c1-2-8-5-3-7(9)4-6-8;1-2(3)4;1-2/h2-6H2,1H3;1H3,(H,3,4);2H2,1H3. The van der Waals surface area contributed by atoms with Gasteiger partial charge in [-0.1, -0.05) is 6.92 Å². The van der Waals surface area contributed by atoms with Gasteiger partial charge in [0, 0.05) is 32.9 Å². The van der Waals surface area contributed by atoms with Gasteiger partial charge in [0.05, 0.1) is 0 Å². The lowest BCUT2D eigenvalue weighted by atomic mass is 10.1. The number of likely N-dealkylation sites (tertiary alicyclic amines) is 1. The number of carboxylic acids is 1. The number of hydrogen-bond acceptors (Lipinski definition) is 4. The molecule has 1 rings (SSSR count). The zero-order valence-corrected chi connectivity index (χ0v) is 9.82. The van der Waals surface area contributed by atoms with Crippen LogP contribution in [0.25, 0.3) is 0 Å². The Kier molecular flexibility index (Phi) is 12.2. The predicted molar refractivity (Wildman–Crippen MR) is 59.8 cm³/mol. The lowest BCUT2D eigenvalue weighted by Gasteiger charge is -2.23. The maximum atomic E-state index is 10.7. The van der Waals surface area contributed by atoms with Crippen molar-refractivity contribution in [3.05, 3.63) is 0 Å². The van der Waals surface area contributed by atoms with E-state index in [9.17, 15) is 4.79 Å². The summed E-state index contributed by atoms with van der Waals surface area (Å²) in [5.74, 6) is -0.403. The molecule has 0 aliphatic carbocycles. The zero-order chi connectivity index (χ0) is 12.3. The van der Waals surface area contributed by atoms with Crippen LogP contribution in [0.5, 0.6) is 0 Å². The molecule has 5 heteroatoms. The van der Waals surface area contributed by atoms with E-state index in [0.29, 0.717) is 5.78 Å². The first-order valence-corrected chi connectivity index (χ1v) is 5.07. The lowest BCUT2D eigenvalue weighted by Crippen LogP contribution is -2.33. The average Bonchev–Trinajstić information content (AvgIpc) is 2.21. The van der Waals surface area contributed by atoms with Crippen LogP contribution < -0.4 is 5.73 Å². The molecule has 90 valence electrons. The van der Waals surface area contributed by atoms with Crippen LogP contribution in [0.15, 0.2) is 0 Å². The summed E-state index contributed by atoms with van der Waals surface area (Å²) < 4.78 is 0. The van der Waals surface area contributed by atoms with Crippen LogP contribution in [0.2, 0.25) is 0 Å². The third-order valence-corrected chi connectivity index (χ3v) is 1.86. The first kappa shape index (κ1) is 16.5. The number of aliphatic carboxylic acids is 1. The van der Waals surface area contributed by atoms with Crippen molar-refractivity contribution in [1.82, 2.24) is 4.90 Å². The van der Waals surface area contributed by atoms with Crippen LogP contribution in [0, 0.1) is 0 Å². The fourth-order valence-corrected chi connectivity index (χ4v) is 1.12. The Balaban J connectivity index is 0. The fraction of sp³-hybridized carbons (Fsp3) is 0.800. The molecule has 0 spiro atoms. The highest BCUT2D eigenvalue weighted by molar-refractivity contribution is 5.79. The van der Waals surface area contributed by atoms with Gasteiger partial charge < -0.3 is 15.7 Å². The molecule has 15 heavy (non-hydrogen) atoms. The molecule has 1 fully saturated rings. The van der Waals surface area contributed by atoms with Gasteiger partial charge in [0.25, 0.3) is 5.97 Å². The number of piperidine rings is 1. The van der Waals surface area contributed by atoms with Crippen LogP contribution in [0.3, 0.4) is 0 Å². The summed E-state index contributed by atoms with van der Waals surface area (Å²) in [6.07, 6.45) is 1.54. The summed E-state index contributed by atoms with van der Waals surface area (Å²) >= 11 is 0. The molecule has 1 heterocycles. The first-order chi connectivity index (χ1) is 7.06. The molecule has 0 aromatic carbocycles. The molecule has 0 saturated carbocycles. The van der Waals surface area contributed by atoms with Gasteiger partial charge in [-0.2, -0.15) is 0 Å². The second-order valence-corrected chi connectivity index (χ2v) is 2.99. The smallest absolute Gasteiger partial charge is 0.300 e. The van der Waals surface area contributed by atoms with Gasteiger partial charge >= 0.3 is 0 Å². The van der Waals surface area contributed by atoms with E-state index >= 15 is 0 Å². The summed E-state index contributed by atoms with van der Waals surface area (Å²) in [6, 6.07) is 0. The highest BCUT2D eigenvalue weighted by Gasteiger charge is 2.13. The monoisotopic (exact) mass is 218 g/mol. The van der Waals surface area contributed by atoms with E-state index in [1.807, 2.05) is 0 Å². The third kappa shape index (κ3) is 13.1. The molecule has 1 aliphatic rings. The van der Waals surface area contributed by atoms with Gasteiger partial charge in [-0.15, -0.1) is 0 Å². The van der Waals surface area contributed by atoms with E-state index in [-0.39, 0.29) is 0 Å². The number of ketones is 1. The largest absolute Gasteiger partial charge is 0.481 e. The van der Waals surface area contributed by atoms with Crippen molar-refractivity contribution in [3.63, 3.8) is 0 Å². The van der Waals surface area contributed by atoms with Crippen LogP contribution in [0.4, 0.5) is 0 Å². The Bertz CT molecular complexity index is 170.